The predicted octanol–water partition coefficient (Wildman–Crippen LogP) is 1.94. The number of hydrogen-bond acceptors (Lipinski definition) is 2. The van der Waals surface area contributed by atoms with Crippen LogP contribution in [-0.2, 0) is 0 Å². The van der Waals surface area contributed by atoms with Gasteiger partial charge in [-0.3, -0.25) is 4.99 Å². The van der Waals surface area contributed by atoms with E-state index in [1.807, 2.05) is 19.5 Å². The van der Waals surface area contributed by atoms with Gasteiger partial charge < -0.3 is 5.32 Å². The summed E-state index contributed by atoms with van der Waals surface area (Å²) in [7, 11) is 1.89. The van der Waals surface area contributed by atoms with Crippen LogP contribution >= 0.6 is 0 Å². The van der Waals surface area contributed by atoms with Crippen LogP contribution in [0.4, 0.5) is 0 Å². The summed E-state index contributed by atoms with van der Waals surface area (Å²) < 4.78 is 0. The third-order valence-electron chi connectivity index (χ3n) is 1.11. The van der Waals surface area contributed by atoms with E-state index in [-0.39, 0.29) is 0 Å². The molecule has 0 atom stereocenters. The molecule has 0 aliphatic carbocycles. The summed E-state index contributed by atoms with van der Waals surface area (Å²) in [6.45, 7) is 4.17. The lowest BCUT2D eigenvalue weighted by atomic mass is 10.4. The minimum absolute atomic E-state index is 0.983. The van der Waals surface area contributed by atoms with E-state index in [2.05, 4.69) is 24.2 Å². The molecule has 0 aromatic rings. The molecule has 1 N–H and O–H groups in total. The van der Waals surface area contributed by atoms with E-state index in [0.29, 0.717) is 0 Å². The molecule has 0 spiro atoms. The van der Waals surface area contributed by atoms with Gasteiger partial charge in [0.25, 0.3) is 0 Å². The zero-order chi connectivity index (χ0) is 7.82. The smallest absolute Gasteiger partial charge is 0.0553 e. The van der Waals surface area contributed by atoms with Gasteiger partial charge in [0.1, 0.15) is 0 Å². The van der Waals surface area contributed by atoms with Crippen molar-refractivity contribution in [1.82, 2.24) is 5.32 Å². The summed E-state index contributed by atoms with van der Waals surface area (Å²) in [4.78, 5) is 4.22. The quantitative estimate of drug-likeness (QED) is 0.593. The standard InChI is InChI=1S/C8H16N2/c1-4-6-10-8(5-2)7-9-3/h6-7,9H,4-5H2,1-3H3/b8-7+,10-6-. The maximum Gasteiger partial charge on any atom is 0.0553 e. The number of nitrogens with zero attached hydrogens (tertiary/aromatic N) is 1. The second-order valence-corrected chi connectivity index (χ2v) is 2.00. The SMILES string of the molecule is CC/C=N\C(=C\NC)CC. The minimum atomic E-state index is 0.983. The van der Waals surface area contributed by atoms with Crippen molar-refractivity contribution in [2.24, 2.45) is 4.99 Å². The fraction of sp³-hybridized carbons (Fsp3) is 0.625. The van der Waals surface area contributed by atoms with Gasteiger partial charge in [-0.2, -0.15) is 0 Å². The van der Waals surface area contributed by atoms with Crippen LogP contribution < -0.4 is 5.32 Å². The van der Waals surface area contributed by atoms with Crippen molar-refractivity contribution in [2.75, 3.05) is 7.05 Å². The Morgan fingerprint density at radius 1 is 1.50 bits per heavy atom. The van der Waals surface area contributed by atoms with E-state index in [1.54, 1.807) is 0 Å². The molecule has 0 saturated heterocycles. The molecule has 0 radical (unpaired) electrons. The van der Waals surface area contributed by atoms with Gasteiger partial charge in [-0.05, 0) is 12.8 Å². The van der Waals surface area contributed by atoms with E-state index >= 15 is 0 Å². The molecular weight excluding hydrogens is 124 g/mol. The molecule has 0 aromatic heterocycles. The fourth-order valence-electron chi connectivity index (χ4n) is 0.606. The predicted molar refractivity (Wildman–Crippen MR) is 46.2 cm³/mol. The molecule has 0 aliphatic rings. The van der Waals surface area contributed by atoms with Crippen molar-refractivity contribution in [3.63, 3.8) is 0 Å². The van der Waals surface area contributed by atoms with Gasteiger partial charge in [0.2, 0.25) is 0 Å². The summed E-state index contributed by atoms with van der Waals surface area (Å²) in [6.07, 6.45) is 5.83. The molecule has 0 heterocycles. The van der Waals surface area contributed by atoms with E-state index in [1.165, 1.54) is 0 Å². The third-order valence-corrected chi connectivity index (χ3v) is 1.11. The van der Waals surface area contributed by atoms with Gasteiger partial charge >= 0.3 is 0 Å². The first-order valence-electron chi connectivity index (χ1n) is 3.74. The van der Waals surface area contributed by atoms with Crippen LogP contribution in [0.2, 0.25) is 0 Å². The molecule has 0 bridgehead atoms. The zero-order valence-corrected chi connectivity index (χ0v) is 7.02. The fourth-order valence-corrected chi connectivity index (χ4v) is 0.606. The Morgan fingerprint density at radius 3 is 2.60 bits per heavy atom. The number of nitrogens with one attached hydrogen (secondary N) is 1. The molecule has 0 aromatic carbocycles. The average Bonchev–Trinajstić information content (AvgIpc) is 1.98. The van der Waals surface area contributed by atoms with Gasteiger partial charge in [0.05, 0.1) is 5.70 Å². The second kappa shape index (κ2) is 6.33. The lowest BCUT2D eigenvalue weighted by Crippen LogP contribution is -1.94. The first-order chi connectivity index (χ1) is 4.85. The highest BCUT2D eigenvalue weighted by molar-refractivity contribution is 5.58. The number of aliphatic imine (C=N–C) groups is 1. The van der Waals surface area contributed by atoms with Gasteiger partial charge in [0.15, 0.2) is 0 Å². The first kappa shape index (κ1) is 9.21. The molecule has 58 valence electrons. The van der Waals surface area contributed by atoms with Crippen LogP contribution in [0.5, 0.6) is 0 Å². The van der Waals surface area contributed by atoms with E-state index < -0.39 is 0 Å². The molecule has 0 aliphatic heterocycles. The van der Waals surface area contributed by atoms with Crippen molar-refractivity contribution in [3.8, 4) is 0 Å². The Labute approximate surface area is 63.0 Å². The molecule has 0 unspecified atom stereocenters. The Morgan fingerprint density at radius 2 is 2.20 bits per heavy atom. The number of allylic oxidation sites excluding steroid dienone is 1. The highest BCUT2D eigenvalue weighted by Gasteiger charge is 1.84. The second-order valence-electron chi connectivity index (χ2n) is 2.00. The monoisotopic (exact) mass is 140 g/mol. The Bertz CT molecular complexity index is 125. The molecule has 0 amide bonds. The number of hydrogen-bond donors (Lipinski definition) is 1. The van der Waals surface area contributed by atoms with E-state index in [4.69, 9.17) is 0 Å². The maximum absolute atomic E-state index is 4.22. The average molecular weight is 140 g/mol. The van der Waals surface area contributed by atoms with Gasteiger partial charge in [-0.25, -0.2) is 0 Å². The minimum Gasteiger partial charge on any atom is -0.393 e. The molecule has 0 saturated carbocycles. The van der Waals surface area contributed by atoms with Crippen LogP contribution in [0, 0.1) is 0 Å². The van der Waals surface area contributed by atoms with E-state index in [9.17, 15) is 0 Å². The van der Waals surface area contributed by atoms with Crippen molar-refractivity contribution < 1.29 is 0 Å². The lowest BCUT2D eigenvalue weighted by Gasteiger charge is -1.94. The Hall–Kier alpha value is -0.790. The first-order valence-corrected chi connectivity index (χ1v) is 3.74. The summed E-state index contributed by atoms with van der Waals surface area (Å²) in [5.41, 5.74) is 1.10. The highest BCUT2D eigenvalue weighted by Crippen LogP contribution is 1.98. The summed E-state index contributed by atoms with van der Waals surface area (Å²) in [5, 5.41) is 2.95. The summed E-state index contributed by atoms with van der Waals surface area (Å²) >= 11 is 0. The van der Waals surface area contributed by atoms with Crippen LogP contribution in [0.1, 0.15) is 26.7 Å². The molecular formula is C8H16N2. The zero-order valence-electron chi connectivity index (χ0n) is 7.02. The van der Waals surface area contributed by atoms with Crippen LogP contribution in [-0.4, -0.2) is 13.3 Å². The van der Waals surface area contributed by atoms with Crippen LogP contribution in [0.25, 0.3) is 0 Å². The normalized spacial score (nSPS) is 12.5. The van der Waals surface area contributed by atoms with Gasteiger partial charge in [0, 0.05) is 19.5 Å². The molecule has 0 fully saturated rings. The highest BCUT2D eigenvalue weighted by atomic mass is 14.8. The largest absolute Gasteiger partial charge is 0.393 e. The van der Waals surface area contributed by atoms with Gasteiger partial charge in [-0.1, -0.05) is 13.8 Å². The third kappa shape index (κ3) is 4.13. The van der Waals surface area contributed by atoms with Crippen molar-refractivity contribution in [2.45, 2.75) is 26.7 Å². The van der Waals surface area contributed by atoms with Crippen LogP contribution in [0.15, 0.2) is 16.9 Å². The number of rotatable bonds is 4. The molecule has 0 rings (SSSR count). The topological polar surface area (TPSA) is 24.4 Å². The van der Waals surface area contributed by atoms with Gasteiger partial charge in [-0.15, -0.1) is 0 Å². The van der Waals surface area contributed by atoms with Crippen molar-refractivity contribution in [1.29, 1.82) is 0 Å². The Balaban J connectivity index is 3.82. The maximum atomic E-state index is 4.22. The molecule has 2 nitrogen and oxygen atoms in total. The molecule has 10 heavy (non-hydrogen) atoms. The summed E-state index contributed by atoms with van der Waals surface area (Å²) in [6, 6.07) is 0. The lowest BCUT2D eigenvalue weighted by molar-refractivity contribution is 0.991. The van der Waals surface area contributed by atoms with Crippen molar-refractivity contribution >= 4 is 6.21 Å². The van der Waals surface area contributed by atoms with Crippen LogP contribution in [0.3, 0.4) is 0 Å². The Kier molecular flexibility index (Phi) is 5.83. The van der Waals surface area contributed by atoms with Crippen molar-refractivity contribution in [3.05, 3.63) is 11.9 Å². The summed E-state index contributed by atoms with van der Waals surface area (Å²) in [5.74, 6) is 0. The molecule has 2 heteroatoms. The van der Waals surface area contributed by atoms with E-state index in [0.717, 1.165) is 18.5 Å².